The van der Waals surface area contributed by atoms with Gasteiger partial charge < -0.3 is 0 Å². The molecule has 0 aliphatic heterocycles. The molecule has 0 radical (unpaired) electrons. The predicted molar refractivity (Wildman–Crippen MR) is 87.1 cm³/mol. The van der Waals surface area contributed by atoms with Gasteiger partial charge in [0.2, 0.25) is 0 Å². The van der Waals surface area contributed by atoms with Gasteiger partial charge in [-0.15, -0.1) is 0 Å². The highest BCUT2D eigenvalue weighted by atomic mass is 32.2. The summed E-state index contributed by atoms with van der Waals surface area (Å²) in [6, 6.07) is 9.23. The van der Waals surface area contributed by atoms with Gasteiger partial charge >= 0.3 is 0 Å². The van der Waals surface area contributed by atoms with Crippen LogP contribution in [0.1, 0.15) is 23.1 Å². The summed E-state index contributed by atoms with van der Waals surface area (Å²) in [5.74, 6) is 0. The van der Waals surface area contributed by atoms with Gasteiger partial charge in [0, 0.05) is 12.1 Å². The van der Waals surface area contributed by atoms with Crippen molar-refractivity contribution >= 4 is 21.4 Å². The second-order valence-electron chi connectivity index (χ2n) is 5.65. The van der Waals surface area contributed by atoms with E-state index in [0.717, 1.165) is 24.8 Å². The van der Waals surface area contributed by atoms with Gasteiger partial charge in [0.05, 0.1) is 15.5 Å². The zero-order chi connectivity index (χ0) is 16.6. The second-order valence-corrected chi connectivity index (χ2v) is 7.33. The number of hydrogen-bond donors (Lipinski definition) is 1. The fourth-order valence-electron chi connectivity index (χ4n) is 2.75. The van der Waals surface area contributed by atoms with Crippen molar-refractivity contribution in [2.75, 3.05) is 4.72 Å². The van der Waals surface area contributed by atoms with Crippen LogP contribution in [0.25, 0.3) is 0 Å². The zero-order valence-corrected chi connectivity index (χ0v) is 13.4. The van der Waals surface area contributed by atoms with E-state index < -0.39 is 14.9 Å². The topological polar surface area (TPSA) is 89.3 Å². The highest BCUT2D eigenvalue weighted by Crippen LogP contribution is 2.28. The van der Waals surface area contributed by atoms with Crippen molar-refractivity contribution in [3.8, 4) is 0 Å². The van der Waals surface area contributed by atoms with Gasteiger partial charge in [0.15, 0.2) is 0 Å². The number of sulfonamides is 1. The summed E-state index contributed by atoms with van der Waals surface area (Å²) in [6.07, 6.45) is 2.90. The van der Waals surface area contributed by atoms with Crippen LogP contribution >= 0.6 is 0 Å². The van der Waals surface area contributed by atoms with Gasteiger partial charge in [0.1, 0.15) is 0 Å². The van der Waals surface area contributed by atoms with E-state index >= 15 is 0 Å². The SMILES string of the molecule is Cc1ccc([N+](=O)[O-])cc1NS(=O)(=O)c1ccc2c(c1)CCC2. The van der Waals surface area contributed by atoms with Crippen LogP contribution in [-0.4, -0.2) is 13.3 Å². The quantitative estimate of drug-likeness (QED) is 0.688. The number of hydrogen-bond acceptors (Lipinski definition) is 4. The zero-order valence-electron chi connectivity index (χ0n) is 12.6. The van der Waals surface area contributed by atoms with Gasteiger partial charge in [-0.3, -0.25) is 14.8 Å². The number of anilines is 1. The average Bonchev–Trinajstić information content (AvgIpc) is 2.96. The molecule has 0 fully saturated rings. The van der Waals surface area contributed by atoms with E-state index in [1.165, 1.54) is 23.8 Å². The van der Waals surface area contributed by atoms with Crippen molar-refractivity contribution in [1.82, 2.24) is 0 Å². The van der Waals surface area contributed by atoms with Crippen LogP contribution < -0.4 is 4.72 Å². The Kier molecular flexibility index (Phi) is 3.81. The summed E-state index contributed by atoms with van der Waals surface area (Å²) in [4.78, 5) is 10.5. The van der Waals surface area contributed by atoms with Crippen molar-refractivity contribution in [3.05, 3.63) is 63.2 Å². The van der Waals surface area contributed by atoms with Gasteiger partial charge in [-0.25, -0.2) is 8.42 Å². The highest BCUT2D eigenvalue weighted by Gasteiger charge is 2.20. The molecule has 2 aromatic carbocycles. The third kappa shape index (κ3) is 3.05. The van der Waals surface area contributed by atoms with Crippen molar-refractivity contribution < 1.29 is 13.3 Å². The molecule has 0 atom stereocenters. The minimum Gasteiger partial charge on any atom is -0.279 e. The number of fused-ring (bicyclic) bond motifs is 1. The first kappa shape index (κ1) is 15.5. The Morgan fingerprint density at radius 3 is 2.57 bits per heavy atom. The lowest BCUT2D eigenvalue weighted by Crippen LogP contribution is -2.14. The molecule has 1 N–H and O–H groups in total. The highest BCUT2D eigenvalue weighted by molar-refractivity contribution is 7.92. The largest absolute Gasteiger partial charge is 0.279 e. The molecule has 0 heterocycles. The first-order chi connectivity index (χ1) is 10.9. The lowest BCUT2D eigenvalue weighted by molar-refractivity contribution is -0.384. The standard InChI is InChI=1S/C16H16N2O4S/c1-11-5-7-14(18(19)20)10-16(11)17-23(21,22)15-8-6-12-3-2-4-13(12)9-15/h5-10,17H,2-4H2,1H3. The Labute approximate surface area is 134 Å². The summed E-state index contributed by atoms with van der Waals surface area (Å²) in [6.45, 7) is 1.70. The molecule has 0 saturated carbocycles. The van der Waals surface area contributed by atoms with Crippen molar-refractivity contribution in [1.29, 1.82) is 0 Å². The van der Waals surface area contributed by atoms with Crippen LogP contribution in [0, 0.1) is 17.0 Å². The van der Waals surface area contributed by atoms with E-state index in [0.29, 0.717) is 5.56 Å². The minimum absolute atomic E-state index is 0.151. The van der Waals surface area contributed by atoms with E-state index in [1.807, 2.05) is 6.07 Å². The predicted octanol–water partition coefficient (Wildman–Crippen LogP) is 3.19. The molecule has 0 spiro atoms. The van der Waals surface area contributed by atoms with Crippen LogP contribution in [0.4, 0.5) is 11.4 Å². The number of aryl methyl sites for hydroxylation is 3. The summed E-state index contributed by atoms with van der Waals surface area (Å²) in [7, 11) is -3.77. The fourth-order valence-corrected chi connectivity index (χ4v) is 3.92. The number of nitrogens with one attached hydrogen (secondary N) is 1. The molecule has 23 heavy (non-hydrogen) atoms. The number of rotatable bonds is 4. The third-order valence-corrected chi connectivity index (χ3v) is 5.42. The van der Waals surface area contributed by atoms with E-state index in [2.05, 4.69) is 4.72 Å². The number of nitro benzene ring substituents is 1. The average molecular weight is 332 g/mol. The molecular weight excluding hydrogens is 316 g/mol. The van der Waals surface area contributed by atoms with E-state index in [1.54, 1.807) is 19.1 Å². The van der Waals surface area contributed by atoms with Crippen LogP contribution in [-0.2, 0) is 22.9 Å². The Balaban J connectivity index is 1.95. The molecule has 2 aromatic rings. The first-order valence-electron chi connectivity index (χ1n) is 7.26. The Morgan fingerprint density at radius 2 is 1.83 bits per heavy atom. The summed E-state index contributed by atoms with van der Waals surface area (Å²) < 4.78 is 27.6. The molecule has 1 aliphatic carbocycles. The number of nitrogens with zero attached hydrogens (tertiary/aromatic N) is 1. The Morgan fingerprint density at radius 1 is 1.09 bits per heavy atom. The minimum atomic E-state index is -3.77. The van der Waals surface area contributed by atoms with Crippen LogP contribution in [0.5, 0.6) is 0 Å². The normalized spacial score (nSPS) is 13.6. The van der Waals surface area contributed by atoms with Gasteiger partial charge in [-0.1, -0.05) is 12.1 Å². The maximum atomic E-state index is 12.6. The van der Waals surface area contributed by atoms with Crippen LogP contribution in [0.3, 0.4) is 0 Å². The van der Waals surface area contributed by atoms with E-state index in [4.69, 9.17) is 0 Å². The van der Waals surface area contributed by atoms with Crippen molar-refractivity contribution in [2.45, 2.75) is 31.1 Å². The van der Waals surface area contributed by atoms with Crippen LogP contribution in [0.15, 0.2) is 41.3 Å². The molecule has 0 saturated heterocycles. The lowest BCUT2D eigenvalue weighted by Gasteiger charge is -2.11. The van der Waals surface area contributed by atoms with Gasteiger partial charge in [-0.2, -0.15) is 0 Å². The molecule has 0 amide bonds. The summed E-state index contributed by atoms with van der Waals surface area (Å²) >= 11 is 0. The smallest absolute Gasteiger partial charge is 0.271 e. The van der Waals surface area contributed by atoms with Gasteiger partial charge in [0.25, 0.3) is 15.7 Å². The molecule has 1 aliphatic rings. The molecule has 0 aromatic heterocycles. The molecule has 0 unspecified atom stereocenters. The maximum absolute atomic E-state index is 12.6. The molecule has 3 rings (SSSR count). The number of non-ortho nitro benzene ring substituents is 1. The van der Waals surface area contributed by atoms with Gasteiger partial charge in [-0.05, 0) is 55.0 Å². The molecule has 7 heteroatoms. The maximum Gasteiger partial charge on any atom is 0.271 e. The molecule has 0 bridgehead atoms. The first-order valence-corrected chi connectivity index (χ1v) is 8.75. The van der Waals surface area contributed by atoms with Crippen molar-refractivity contribution in [3.63, 3.8) is 0 Å². The van der Waals surface area contributed by atoms with Crippen LogP contribution in [0.2, 0.25) is 0 Å². The third-order valence-electron chi connectivity index (χ3n) is 4.06. The lowest BCUT2D eigenvalue weighted by atomic mass is 10.1. The summed E-state index contributed by atoms with van der Waals surface area (Å²) in [5, 5.41) is 10.9. The Bertz CT molecular complexity index is 891. The Hall–Kier alpha value is -2.41. The van der Waals surface area contributed by atoms with E-state index in [9.17, 15) is 18.5 Å². The summed E-state index contributed by atoms with van der Waals surface area (Å²) in [5.41, 5.74) is 2.95. The van der Waals surface area contributed by atoms with Crippen molar-refractivity contribution in [2.24, 2.45) is 0 Å². The van der Waals surface area contributed by atoms with E-state index in [-0.39, 0.29) is 16.3 Å². The monoisotopic (exact) mass is 332 g/mol. The molecule has 6 nitrogen and oxygen atoms in total. The second kappa shape index (κ2) is 5.66. The fraction of sp³-hybridized carbons (Fsp3) is 0.250. The molecular formula is C16H16N2O4S. The number of nitro groups is 1. The molecule has 120 valence electrons. The number of benzene rings is 2.